The number of ether oxygens (including phenoxy) is 4. The van der Waals surface area contributed by atoms with Gasteiger partial charge in [-0.3, -0.25) is 0 Å². The number of halogens is 1. The number of rotatable bonds is 13. The van der Waals surface area contributed by atoms with Crippen molar-refractivity contribution in [3.63, 3.8) is 0 Å². The molecule has 1 fully saturated rings. The second kappa shape index (κ2) is 16.4. The van der Waals surface area contributed by atoms with Crippen molar-refractivity contribution in [2.24, 2.45) is 0 Å². The number of alkyl halides is 1. The third kappa shape index (κ3) is 10.3. The van der Waals surface area contributed by atoms with Crippen molar-refractivity contribution >= 4 is 32.9 Å². The summed E-state index contributed by atoms with van der Waals surface area (Å²) in [5.74, 6) is 0.954. The van der Waals surface area contributed by atoms with Gasteiger partial charge in [-0.05, 0) is 78.4 Å². The van der Waals surface area contributed by atoms with E-state index >= 15 is 0 Å². The van der Waals surface area contributed by atoms with Gasteiger partial charge in [0.05, 0.1) is 39.1 Å². The van der Waals surface area contributed by atoms with E-state index in [1.807, 2.05) is 51.1 Å². The summed E-state index contributed by atoms with van der Waals surface area (Å²) in [5.41, 5.74) is 4.05. The lowest BCUT2D eigenvalue weighted by Crippen LogP contribution is -2.45. The molecule has 0 spiro atoms. The number of benzene rings is 4. The third-order valence-corrected chi connectivity index (χ3v) is 8.47. The standard InChI is InChI=1S/C38H44BrNO6/c1-38(2,3)45-37(41)46-40-19-18-35(36(25-40)44-27-30-11-13-32-22-29(24-39)10-12-33(32)23-30)31-14-16-34(17-15-31)43-21-7-20-42-26-28-8-5-4-6-9-28/h4-6,8-17,22-23,35-36H,7,18-21,24-27H2,1-3H3. The van der Waals surface area contributed by atoms with E-state index in [4.69, 9.17) is 23.8 Å². The van der Waals surface area contributed by atoms with E-state index in [-0.39, 0.29) is 12.0 Å². The van der Waals surface area contributed by atoms with Crippen LogP contribution in [0, 0.1) is 0 Å². The van der Waals surface area contributed by atoms with E-state index in [9.17, 15) is 4.79 Å². The zero-order valence-corrected chi connectivity index (χ0v) is 28.5. The Hall–Kier alpha value is -3.43. The molecular formula is C38H44BrNO6. The van der Waals surface area contributed by atoms with Gasteiger partial charge in [-0.15, -0.1) is 5.06 Å². The molecule has 1 heterocycles. The minimum Gasteiger partial charge on any atom is -0.494 e. The molecule has 0 bridgehead atoms. The summed E-state index contributed by atoms with van der Waals surface area (Å²) in [6.07, 6.45) is 0.678. The van der Waals surface area contributed by atoms with Gasteiger partial charge >= 0.3 is 6.16 Å². The van der Waals surface area contributed by atoms with Gasteiger partial charge in [-0.1, -0.05) is 88.7 Å². The fourth-order valence-electron chi connectivity index (χ4n) is 5.54. The van der Waals surface area contributed by atoms with Crippen molar-refractivity contribution in [1.82, 2.24) is 5.06 Å². The molecule has 2 atom stereocenters. The predicted octanol–water partition coefficient (Wildman–Crippen LogP) is 8.96. The Morgan fingerprint density at radius 2 is 1.57 bits per heavy atom. The number of piperidine rings is 1. The van der Waals surface area contributed by atoms with Gasteiger partial charge in [0.1, 0.15) is 11.4 Å². The second-order valence-electron chi connectivity index (χ2n) is 12.6. The van der Waals surface area contributed by atoms with Gasteiger partial charge in [-0.25, -0.2) is 4.79 Å². The summed E-state index contributed by atoms with van der Waals surface area (Å²) in [6, 6.07) is 31.4. The quantitative estimate of drug-likeness (QED) is 0.0789. The first-order chi connectivity index (χ1) is 22.3. The van der Waals surface area contributed by atoms with Crippen LogP contribution < -0.4 is 4.74 Å². The number of nitrogens with zero attached hydrogens (tertiary/aromatic N) is 1. The smallest absolute Gasteiger partial charge is 0.494 e. The molecule has 1 saturated heterocycles. The molecule has 0 N–H and O–H groups in total. The first-order valence-electron chi connectivity index (χ1n) is 16.0. The molecule has 5 rings (SSSR count). The van der Waals surface area contributed by atoms with E-state index in [2.05, 4.69) is 76.6 Å². The van der Waals surface area contributed by atoms with Crippen LogP contribution in [0.15, 0.2) is 91.0 Å². The summed E-state index contributed by atoms with van der Waals surface area (Å²) >= 11 is 3.54. The highest BCUT2D eigenvalue weighted by molar-refractivity contribution is 9.08. The molecule has 244 valence electrons. The van der Waals surface area contributed by atoms with Crippen LogP contribution >= 0.6 is 15.9 Å². The lowest BCUT2D eigenvalue weighted by atomic mass is 9.87. The average Bonchev–Trinajstić information content (AvgIpc) is 3.05. The van der Waals surface area contributed by atoms with Crippen molar-refractivity contribution < 1.29 is 28.6 Å². The van der Waals surface area contributed by atoms with Gasteiger partial charge in [0.25, 0.3) is 0 Å². The summed E-state index contributed by atoms with van der Waals surface area (Å²) < 4.78 is 23.7. The molecule has 46 heavy (non-hydrogen) atoms. The number of hydroxylamine groups is 2. The molecule has 4 aromatic carbocycles. The molecule has 1 aliphatic heterocycles. The van der Waals surface area contributed by atoms with Crippen LogP contribution in [-0.4, -0.2) is 49.2 Å². The van der Waals surface area contributed by atoms with Crippen LogP contribution in [0.1, 0.15) is 61.8 Å². The van der Waals surface area contributed by atoms with Gasteiger partial charge in [0.2, 0.25) is 0 Å². The molecule has 0 radical (unpaired) electrons. The molecule has 1 aliphatic rings. The Balaban J connectivity index is 1.18. The molecule has 0 aliphatic carbocycles. The Morgan fingerprint density at radius 3 is 2.28 bits per heavy atom. The maximum absolute atomic E-state index is 12.4. The van der Waals surface area contributed by atoms with Gasteiger partial charge in [-0.2, -0.15) is 0 Å². The fraction of sp³-hybridized carbons (Fsp3) is 0.395. The van der Waals surface area contributed by atoms with Gasteiger partial charge in [0.15, 0.2) is 0 Å². The Kier molecular flexibility index (Phi) is 12.1. The number of fused-ring (bicyclic) bond motifs is 1. The van der Waals surface area contributed by atoms with Crippen molar-refractivity contribution in [1.29, 1.82) is 0 Å². The van der Waals surface area contributed by atoms with Crippen LogP contribution in [-0.2, 0) is 37.6 Å². The van der Waals surface area contributed by atoms with Crippen LogP contribution in [0.4, 0.5) is 4.79 Å². The topological polar surface area (TPSA) is 66.5 Å². The Morgan fingerprint density at radius 1 is 0.848 bits per heavy atom. The first kappa shape index (κ1) is 33.9. The largest absolute Gasteiger partial charge is 0.528 e. The number of carbonyl (C=O) groups is 1. The van der Waals surface area contributed by atoms with Crippen LogP contribution in [0.25, 0.3) is 10.8 Å². The molecule has 2 unspecified atom stereocenters. The van der Waals surface area contributed by atoms with Gasteiger partial charge in [0, 0.05) is 24.2 Å². The molecule has 0 aromatic heterocycles. The predicted molar refractivity (Wildman–Crippen MR) is 184 cm³/mol. The highest BCUT2D eigenvalue weighted by atomic mass is 79.9. The minimum absolute atomic E-state index is 0.126. The van der Waals surface area contributed by atoms with Crippen molar-refractivity contribution in [3.8, 4) is 5.75 Å². The fourth-order valence-corrected chi connectivity index (χ4v) is 5.89. The maximum atomic E-state index is 12.4. The van der Waals surface area contributed by atoms with Crippen molar-refractivity contribution in [2.75, 3.05) is 26.3 Å². The van der Waals surface area contributed by atoms with E-state index in [0.717, 1.165) is 29.5 Å². The Labute approximate surface area is 280 Å². The number of hydrogen-bond acceptors (Lipinski definition) is 7. The minimum atomic E-state index is -0.700. The molecule has 0 amide bonds. The SMILES string of the molecule is CC(C)(C)OC(=O)ON1CCC(c2ccc(OCCCOCc3ccccc3)cc2)C(OCc2ccc3cc(CBr)ccc3c2)C1. The highest BCUT2D eigenvalue weighted by Gasteiger charge is 2.34. The van der Waals surface area contributed by atoms with Crippen molar-refractivity contribution in [2.45, 2.75) is 69.8 Å². The highest BCUT2D eigenvalue weighted by Crippen LogP contribution is 2.33. The van der Waals surface area contributed by atoms with E-state index in [0.29, 0.717) is 39.5 Å². The maximum Gasteiger partial charge on any atom is 0.528 e. The molecule has 7 nitrogen and oxygen atoms in total. The number of hydrogen-bond donors (Lipinski definition) is 0. The first-order valence-corrected chi connectivity index (χ1v) is 17.1. The van der Waals surface area contributed by atoms with E-state index in [1.165, 1.54) is 27.5 Å². The second-order valence-corrected chi connectivity index (χ2v) is 13.2. The zero-order valence-electron chi connectivity index (χ0n) is 27.0. The zero-order chi connectivity index (χ0) is 32.4. The summed E-state index contributed by atoms with van der Waals surface area (Å²) in [6.45, 7) is 8.78. The van der Waals surface area contributed by atoms with Crippen molar-refractivity contribution in [3.05, 3.63) is 113 Å². The third-order valence-electron chi connectivity index (χ3n) is 7.82. The van der Waals surface area contributed by atoms with Crippen LogP contribution in [0.2, 0.25) is 0 Å². The monoisotopic (exact) mass is 689 g/mol. The molecule has 4 aromatic rings. The average molecular weight is 691 g/mol. The molecule has 0 saturated carbocycles. The number of carbonyl (C=O) groups excluding carboxylic acids is 1. The van der Waals surface area contributed by atoms with Gasteiger partial charge < -0.3 is 23.8 Å². The molecular weight excluding hydrogens is 646 g/mol. The Bertz CT molecular complexity index is 1540. The lowest BCUT2D eigenvalue weighted by Gasteiger charge is -2.37. The summed E-state index contributed by atoms with van der Waals surface area (Å²) in [5, 5.41) is 4.87. The molecule has 8 heteroatoms. The van der Waals surface area contributed by atoms with E-state index in [1.54, 1.807) is 5.06 Å². The summed E-state index contributed by atoms with van der Waals surface area (Å²) in [4.78, 5) is 18.0. The van der Waals surface area contributed by atoms with E-state index < -0.39 is 11.8 Å². The summed E-state index contributed by atoms with van der Waals surface area (Å²) in [7, 11) is 0. The van der Waals surface area contributed by atoms with Crippen LogP contribution in [0.5, 0.6) is 5.75 Å². The van der Waals surface area contributed by atoms with Crippen LogP contribution in [0.3, 0.4) is 0 Å². The lowest BCUT2D eigenvalue weighted by molar-refractivity contribution is -0.179. The normalized spacial score (nSPS) is 17.1.